The third kappa shape index (κ3) is 8.87. The SMILES string of the molecule is CC.CC.COCCNc1cc(C(=O)OC)ccc1C1CC2(CCN1Cc1c(OC)cc(C)c3c1ccn3C(=O)OC(C)(C)C)CC2. The van der Waals surface area contributed by atoms with Crippen LogP contribution in [0, 0.1) is 12.3 Å². The molecule has 1 atom stereocenters. The molecule has 0 amide bonds. The van der Waals surface area contributed by atoms with Crippen LogP contribution in [-0.4, -0.2) is 68.2 Å². The van der Waals surface area contributed by atoms with Crippen LogP contribution in [0.4, 0.5) is 10.5 Å². The van der Waals surface area contributed by atoms with Crippen LogP contribution in [0.5, 0.6) is 5.75 Å². The van der Waals surface area contributed by atoms with Crippen LogP contribution in [0.3, 0.4) is 0 Å². The molecule has 2 heterocycles. The molecule has 2 aromatic carbocycles. The van der Waals surface area contributed by atoms with E-state index in [9.17, 15) is 9.59 Å². The number of ether oxygens (including phenoxy) is 4. The van der Waals surface area contributed by atoms with Gasteiger partial charge in [-0.15, -0.1) is 0 Å². The van der Waals surface area contributed by atoms with E-state index < -0.39 is 11.7 Å². The van der Waals surface area contributed by atoms with Gasteiger partial charge in [0.2, 0.25) is 0 Å². The van der Waals surface area contributed by atoms with E-state index in [1.54, 1.807) is 25.0 Å². The lowest BCUT2D eigenvalue weighted by Crippen LogP contribution is -2.37. The maximum Gasteiger partial charge on any atom is 0.419 e. The van der Waals surface area contributed by atoms with Crippen molar-refractivity contribution in [2.45, 2.75) is 99.3 Å². The number of hydrogen-bond acceptors (Lipinski definition) is 8. The largest absolute Gasteiger partial charge is 0.496 e. The average molecular weight is 652 g/mol. The summed E-state index contributed by atoms with van der Waals surface area (Å²) in [6.45, 7) is 18.4. The Hall–Kier alpha value is -3.56. The summed E-state index contributed by atoms with van der Waals surface area (Å²) >= 11 is 0. The van der Waals surface area contributed by atoms with E-state index >= 15 is 0 Å². The molecule has 9 heteroatoms. The first kappa shape index (κ1) is 37.9. The van der Waals surface area contributed by atoms with E-state index in [0.717, 1.165) is 58.4 Å². The summed E-state index contributed by atoms with van der Waals surface area (Å²) in [5.74, 6) is 0.443. The minimum atomic E-state index is -0.602. The average Bonchev–Trinajstić information content (AvgIpc) is 3.65. The second-order valence-electron chi connectivity index (χ2n) is 13.0. The summed E-state index contributed by atoms with van der Waals surface area (Å²) in [5.41, 5.74) is 5.19. The summed E-state index contributed by atoms with van der Waals surface area (Å²) in [4.78, 5) is 28.1. The summed E-state index contributed by atoms with van der Waals surface area (Å²) in [7, 11) is 4.78. The second kappa shape index (κ2) is 16.5. The molecule has 0 radical (unpaired) electrons. The zero-order chi connectivity index (χ0) is 34.9. The fourth-order valence-electron chi connectivity index (χ4n) is 6.41. The van der Waals surface area contributed by atoms with Gasteiger partial charge < -0.3 is 24.3 Å². The lowest BCUT2D eigenvalue weighted by Gasteiger charge is -2.41. The minimum absolute atomic E-state index is 0.127. The minimum Gasteiger partial charge on any atom is -0.496 e. The van der Waals surface area contributed by atoms with Gasteiger partial charge in [0.05, 0.1) is 31.9 Å². The van der Waals surface area contributed by atoms with Crippen LogP contribution in [0.15, 0.2) is 36.5 Å². The van der Waals surface area contributed by atoms with Gasteiger partial charge in [-0.3, -0.25) is 9.47 Å². The van der Waals surface area contributed by atoms with Crippen molar-refractivity contribution >= 4 is 28.7 Å². The highest BCUT2D eigenvalue weighted by molar-refractivity contribution is 5.95. The number of carbonyl (C=O) groups excluding carboxylic acids is 2. The normalized spacial score (nSPS) is 16.8. The van der Waals surface area contributed by atoms with Gasteiger partial charge in [0.1, 0.15) is 11.4 Å². The van der Waals surface area contributed by atoms with Crippen LogP contribution in [-0.2, 0) is 20.8 Å². The van der Waals surface area contributed by atoms with Gasteiger partial charge >= 0.3 is 12.1 Å². The zero-order valence-electron chi connectivity index (χ0n) is 30.5. The molecule has 1 saturated heterocycles. The van der Waals surface area contributed by atoms with Crippen molar-refractivity contribution in [1.82, 2.24) is 9.47 Å². The molecule has 0 bridgehead atoms. The third-order valence-corrected chi connectivity index (χ3v) is 8.81. The summed E-state index contributed by atoms with van der Waals surface area (Å²) in [6.07, 6.45) is 6.09. The Kier molecular flexibility index (Phi) is 13.3. The van der Waals surface area contributed by atoms with Crippen LogP contribution in [0.2, 0.25) is 0 Å². The van der Waals surface area contributed by atoms with Gasteiger partial charge in [0.15, 0.2) is 0 Å². The number of fused-ring (bicyclic) bond motifs is 1. The van der Waals surface area contributed by atoms with E-state index in [2.05, 4.69) is 16.3 Å². The molecule has 1 spiro atoms. The second-order valence-corrected chi connectivity index (χ2v) is 13.0. The van der Waals surface area contributed by atoms with Crippen LogP contribution in [0.1, 0.15) is 107 Å². The van der Waals surface area contributed by atoms with Crippen molar-refractivity contribution in [3.8, 4) is 5.75 Å². The van der Waals surface area contributed by atoms with Crippen LogP contribution >= 0.6 is 0 Å². The van der Waals surface area contributed by atoms with Crippen molar-refractivity contribution in [2.24, 2.45) is 5.41 Å². The van der Waals surface area contributed by atoms with Crippen molar-refractivity contribution < 1.29 is 28.5 Å². The molecule has 1 saturated carbocycles. The molecule has 1 aromatic heterocycles. The van der Waals surface area contributed by atoms with Gasteiger partial charge in [-0.05, 0) is 101 Å². The fraction of sp³-hybridized carbons (Fsp3) is 0.579. The molecule has 5 rings (SSSR count). The Labute approximate surface area is 281 Å². The molecule has 2 aliphatic rings. The number of nitrogens with zero attached hydrogens (tertiary/aromatic N) is 2. The molecular weight excluding hydrogens is 594 g/mol. The monoisotopic (exact) mass is 651 g/mol. The molecule has 1 N–H and O–H groups in total. The molecule has 1 aliphatic heterocycles. The van der Waals surface area contributed by atoms with Gasteiger partial charge in [0, 0.05) is 49.1 Å². The number of esters is 1. The topological polar surface area (TPSA) is 91.3 Å². The summed E-state index contributed by atoms with van der Waals surface area (Å²) < 4.78 is 23.6. The van der Waals surface area contributed by atoms with E-state index in [1.165, 1.54) is 20.0 Å². The lowest BCUT2D eigenvalue weighted by atomic mass is 9.83. The van der Waals surface area contributed by atoms with Crippen molar-refractivity contribution in [3.05, 3.63) is 58.8 Å². The number of aromatic nitrogens is 1. The lowest BCUT2D eigenvalue weighted by molar-refractivity contribution is 0.0542. The number of anilines is 1. The maximum absolute atomic E-state index is 13.2. The number of hydrogen-bond donors (Lipinski definition) is 1. The van der Waals surface area contributed by atoms with Gasteiger partial charge in [0.25, 0.3) is 0 Å². The molecule has 1 unspecified atom stereocenters. The van der Waals surface area contributed by atoms with E-state index in [1.807, 2.05) is 79.7 Å². The van der Waals surface area contributed by atoms with Crippen molar-refractivity contribution in [2.75, 3.05) is 46.3 Å². The van der Waals surface area contributed by atoms with E-state index in [4.69, 9.17) is 18.9 Å². The molecule has 260 valence electrons. The highest BCUT2D eigenvalue weighted by Crippen LogP contribution is 2.59. The van der Waals surface area contributed by atoms with Crippen LogP contribution < -0.4 is 10.1 Å². The number of likely N-dealkylation sites (tertiary alicyclic amines) is 1. The Morgan fingerprint density at radius 3 is 2.30 bits per heavy atom. The van der Waals surface area contributed by atoms with Gasteiger partial charge in [-0.1, -0.05) is 33.8 Å². The van der Waals surface area contributed by atoms with Crippen molar-refractivity contribution in [1.29, 1.82) is 0 Å². The van der Waals surface area contributed by atoms with Crippen molar-refractivity contribution in [3.63, 3.8) is 0 Å². The smallest absolute Gasteiger partial charge is 0.419 e. The van der Waals surface area contributed by atoms with E-state index in [-0.39, 0.29) is 12.0 Å². The Balaban J connectivity index is 0.00000144. The molecule has 47 heavy (non-hydrogen) atoms. The third-order valence-electron chi connectivity index (χ3n) is 8.81. The number of rotatable bonds is 9. The van der Waals surface area contributed by atoms with Gasteiger partial charge in [-0.2, -0.15) is 0 Å². The molecule has 9 nitrogen and oxygen atoms in total. The van der Waals surface area contributed by atoms with Crippen LogP contribution in [0.25, 0.3) is 10.9 Å². The molecule has 2 fully saturated rings. The van der Waals surface area contributed by atoms with Gasteiger partial charge in [-0.25, -0.2) is 9.59 Å². The molecular formula is C38H57N3O6. The number of carbonyl (C=O) groups is 2. The first-order chi connectivity index (χ1) is 22.5. The predicted molar refractivity (Wildman–Crippen MR) is 190 cm³/mol. The maximum atomic E-state index is 13.2. The van der Waals surface area contributed by atoms with E-state index in [0.29, 0.717) is 30.7 Å². The number of aryl methyl sites for hydroxylation is 1. The zero-order valence-corrected chi connectivity index (χ0v) is 30.5. The number of benzene rings is 2. The quantitative estimate of drug-likeness (QED) is 0.181. The fourth-order valence-corrected chi connectivity index (χ4v) is 6.41. The molecule has 1 aliphatic carbocycles. The highest BCUT2D eigenvalue weighted by Gasteiger charge is 2.48. The predicted octanol–water partition coefficient (Wildman–Crippen LogP) is 8.76. The first-order valence-electron chi connectivity index (χ1n) is 17.1. The number of piperidine rings is 1. The Morgan fingerprint density at radius 1 is 1.00 bits per heavy atom. The highest BCUT2D eigenvalue weighted by atomic mass is 16.6. The number of nitrogens with one attached hydrogen (secondary N) is 1. The summed E-state index contributed by atoms with van der Waals surface area (Å²) in [6, 6.07) is 9.97. The standard InChI is InChI=1S/C34H45N3O6.2C2H6/c1-22-18-29(41-6)26(24-10-15-37(30(22)24)32(39)43-33(2,3)4)21-36-16-13-34(11-12-34)20-28(36)25-9-8-23(31(38)42-7)19-27(25)35-14-17-40-5;2*1-2/h8-10,15,18-19,28,35H,11-14,16-17,20-21H2,1-7H3;2*1-2H3. The number of methoxy groups -OCH3 is 3. The Bertz CT molecular complexity index is 1500. The Morgan fingerprint density at radius 2 is 1.70 bits per heavy atom. The first-order valence-corrected chi connectivity index (χ1v) is 17.1. The molecule has 3 aromatic rings. The summed E-state index contributed by atoms with van der Waals surface area (Å²) in [5, 5.41) is 4.50.